The summed E-state index contributed by atoms with van der Waals surface area (Å²) in [7, 11) is -3.48. The van der Waals surface area contributed by atoms with Gasteiger partial charge in [0.2, 0.25) is 10.0 Å². The predicted molar refractivity (Wildman–Crippen MR) is 108 cm³/mol. The number of ether oxygens (including phenoxy) is 2. The fraction of sp³-hybridized carbons (Fsp3) is 0.444. The number of esters is 2. The molecule has 10 heteroatoms. The zero-order valence-corrected chi connectivity index (χ0v) is 18.1. The summed E-state index contributed by atoms with van der Waals surface area (Å²) in [5, 5.41) is 3.60. The molecule has 28 heavy (non-hydrogen) atoms. The highest BCUT2D eigenvalue weighted by Gasteiger charge is 2.30. The standard InChI is InChI=1S/C18H23NO6S3/c1-3-24-17(20)15(18(21)25-4-2)11-14-10-13(12-27-14)7-8-19-28(22,23)16-6-5-9-26-16/h5-6,9-10,12,15,19H,3-4,7-8,11H2,1-2H3. The lowest BCUT2D eigenvalue weighted by molar-refractivity contribution is -0.161. The third-order valence-corrected chi connectivity index (χ3v) is 7.59. The van der Waals surface area contributed by atoms with Crippen molar-refractivity contribution in [2.75, 3.05) is 19.8 Å². The molecule has 2 rings (SSSR count). The van der Waals surface area contributed by atoms with E-state index in [0.29, 0.717) is 6.42 Å². The molecule has 0 aliphatic rings. The Morgan fingerprint density at radius 1 is 1.14 bits per heavy atom. The normalized spacial score (nSPS) is 11.5. The molecule has 2 heterocycles. The van der Waals surface area contributed by atoms with Gasteiger partial charge in [-0.3, -0.25) is 9.59 Å². The molecule has 2 aromatic heterocycles. The first kappa shape index (κ1) is 22.5. The molecule has 0 aliphatic heterocycles. The van der Waals surface area contributed by atoms with Gasteiger partial charge in [0.05, 0.1) is 13.2 Å². The van der Waals surface area contributed by atoms with E-state index >= 15 is 0 Å². The van der Waals surface area contributed by atoms with Gasteiger partial charge in [-0.25, -0.2) is 13.1 Å². The van der Waals surface area contributed by atoms with Crippen molar-refractivity contribution < 1.29 is 27.5 Å². The van der Waals surface area contributed by atoms with Gasteiger partial charge in [-0.2, -0.15) is 0 Å². The van der Waals surface area contributed by atoms with E-state index in [1.165, 1.54) is 11.3 Å². The number of thiophene rings is 2. The summed E-state index contributed by atoms with van der Waals surface area (Å²) < 4.78 is 37.0. The lowest BCUT2D eigenvalue weighted by atomic mass is 10.0. The summed E-state index contributed by atoms with van der Waals surface area (Å²) in [5.74, 6) is -2.19. The van der Waals surface area contributed by atoms with E-state index in [4.69, 9.17) is 9.47 Å². The van der Waals surface area contributed by atoms with Crippen LogP contribution >= 0.6 is 22.7 Å². The molecule has 7 nitrogen and oxygen atoms in total. The van der Waals surface area contributed by atoms with Crippen LogP contribution in [0.4, 0.5) is 0 Å². The summed E-state index contributed by atoms with van der Waals surface area (Å²) in [5.41, 5.74) is 0.931. The minimum Gasteiger partial charge on any atom is -0.465 e. The van der Waals surface area contributed by atoms with E-state index in [-0.39, 0.29) is 30.4 Å². The maximum absolute atomic E-state index is 12.1. The van der Waals surface area contributed by atoms with Crippen LogP contribution in [0.2, 0.25) is 0 Å². The smallest absolute Gasteiger partial charge is 0.320 e. The molecule has 0 atom stereocenters. The van der Waals surface area contributed by atoms with Crippen molar-refractivity contribution in [1.82, 2.24) is 4.72 Å². The minimum atomic E-state index is -3.48. The summed E-state index contributed by atoms with van der Waals surface area (Å²) in [4.78, 5) is 25.0. The van der Waals surface area contributed by atoms with Gasteiger partial charge in [0, 0.05) is 17.8 Å². The predicted octanol–water partition coefficient (Wildman–Crippen LogP) is 2.62. The molecule has 0 aromatic carbocycles. The number of nitrogens with one attached hydrogen (secondary N) is 1. The quantitative estimate of drug-likeness (QED) is 0.422. The van der Waals surface area contributed by atoms with Crippen LogP contribution in [0.1, 0.15) is 24.3 Å². The van der Waals surface area contributed by atoms with Crippen LogP contribution in [-0.4, -0.2) is 40.1 Å². The SMILES string of the molecule is CCOC(=O)C(Cc1cc(CCNS(=O)(=O)c2cccs2)cs1)C(=O)OCC. The minimum absolute atomic E-state index is 0.189. The second kappa shape index (κ2) is 10.7. The van der Waals surface area contributed by atoms with E-state index in [9.17, 15) is 18.0 Å². The third-order valence-electron chi connectivity index (χ3n) is 3.72. The Hall–Kier alpha value is -1.75. The Balaban J connectivity index is 1.94. The average Bonchev–Trinajstić information content (AvgIpc) is 3.32. The van der Waals surface area contributed by atoms with Crippen molar-refractivity contribution in [3.8, 4) is 0 Å². The Kier molecular flexibility index (Phi) is 8.61. The van der Waals surface area contributed by atoms with E-state index in [1.807, 2.05) is 11.4 Å². The van der Waals surface area contributed by atoms with Crippen molar-refractivity contribution in [3.05, 3.63) is 39.4 Å². The summed E-state index contributed by atoms with van der Waals surface area (Å²) >= 11 is 2.58. The molecule has 1 N–H and O–H groups in total. The van der Waals surface area contributed by atoms with Gasteiger partial charge in [0.25, 0.3) is 0 Å². The molecule has 0 unspecified atom stereocenters. The topological polar surface area (TPSA) is 98.8 Å². The van der Waals surface area contributed by atoms with E-state index in [1.54, 1.807) is 31.4 Å². The Morgan fingerprint density at radius 2 is 1.82 bits per heavy atom. The van der Waals surface area contributed by atoms with Crippen LogP contribution in [0.15, 0.2) is 33.2 Å². The monoisotopic (exact) mass is 445 g/mol. The number of hydrogen-bond donors (Lipinski definition) is 1. The van der Waals surface area contributed by atoms with E-state index in [2.05, 4.69) is 4.72 Å². The van der Waals surface area contributed by atoms with Crippen LogP contribution < -0.4 is 4.72 Å². The van der Waals surface area contributed by atoms with Crippen molar-refractivity contribution in [3.63, 3.8) is 0 Å². The van der Waals surface area contributed by atoms with Crippen molar-refractivity contribution in [2.45, 2.75) is 30.9 Å². The maximum Gasteiger partial charge on any atom is 0.320 e. The first-order valence-electron chi connectivity index (χ1n) is 8.80. The van der Waals surface area contributed by atoms with Crippen LogP contribution in [0.5, 0.6) is 0 Å². The highest BCUT2D eigenvalue weighted by atomic mass is 32.2. The molecule has 0 saturated carbocycles. The van der Waals surface area contributed by atoms with Crippen LogP contribution in [0.3, 0.4) is 0 Å². The van der Waals surface area contributed by atoms with Gasteiger partial charge in [-0.1, -0.05) is 6.07 Å². The zero-order valence-electron chi connectivity index (χ0n) is 15.7. The zero-order chi connectivity index (χ0) is 20.6. The van der Waals surface area contributed by atoms with Gasteiger partial charge in [-0.05, 0) is 48.7 Å². The number of sulfonamides is 1. The average molecular weight is 446 g/mol. The Morgan fingerprint density at radius 3 is 2.39 bits per heavy atom. The fourth-order valence-electron chi connectivity index (χ4n) is 2.43. The van der Waals surface area contributed by atoms with Crippen molar-refractivity contribution in [2.24, 2.45) is 5.92 Å². The highest BCUT2D eigenvalue weighted by Crippen LogP contribution is 2.21. The lowest BCUT2D eigenvalue weighted by Gasteiger charge is -2.13. The molecule has 0 fully saturated rings. The van der Waals surface area contributed by atoms with Gasteiger partial charge in [-0.15, -0.1) is 22.7 Å². The van der Waals surface area contributed by atoms with E-state index in [0.717, 1.165) is 21.8 Å². The number of rotatable bonds is 11. The van der Waals surface area contributed by atoms with Gasteiger partial charge in [0.15, 0.2) is 5.92 Å². The van der Waals surface area contributed by atoms with Gasteiger partial charge < -0.3 is 9.47 Å². The van der Waals surface area contributed by atoms with Crippen molar-refractivity contribution >= 4 is 44.6 Å². The third kappa shape index (κ3) is 6.40. The van der Waals surface area contributed by atoms with Crippen molar-refractivity contribution in [1.29, 1.82) is 0 Å². The fourth-order valence-corrected chi connectivity index (χ4v) is 5.47. The first-order chi connectivity index (χ1) is 13.4. The second-order valence-corrected chi connectivity index (χ2v) is 9.70. The molecule has 0 aliphatic carbocycles. The van der Waals surface area contributed by atoms with Gasteiger partial charge >= 0.3 is 11.9 Å². The first-order valence-corrected chi connectivity index (χ1v) is 12.0. The molecule has 0 radical (unpaired) electrons. The molecular formula is C18H23NO6S3. The second-order valence-electron chi connectivity index (χ2n) is 5.76. The lowest BCUT2D eigenvalue weighted by Crippen LogP contribution is -2.29. The summed E-state index contributed by atoms with van der Waals surface area (Å²) in [6, 6.07) is 5.12. The largest absolute Gasteiger partial charge is 0.465 e. The number of carbonyl (C=O) groups excluding carboxylic acids is 2. The summed E-state index contributed by atoms with van der Waals surface area (Å²) in [6.45, 7) is 4.00. The molecule has 0 saturated heterocycles. The Bertz CT molecular complexity index is 855. The highest BCUT2D eigenvalue weighted by molar-refractivity contribution is 7.91. The van der Waals surface area contributed by atoms with E-state index < -0.39 is 27.9 Å². The molecule has 0 spiro atoms. The molecule has 0 bridgehead atoms. The molecule has 0 amide bonds. The van der Waals surface area contributed by atoms with Crippen LogP contribution in [-0.2, 0) is 41.9 Å². The van der Waals surface area contributed by atoms with Crippen LogP contribution in [0.25, 0.3) is 0 Å². The molecular weight excluding hydrogens is 422 g/mol. The Labute approximate surface area is 172 Å². The number of carbonyl (C=O) groups is 2. The summed E-state index contributed by atoms with van der Waals surface area (Å²) in [6.07, 6.45) is 0.702. The van der Waals surface area contributed by atoms with Crippen LogP contribution in [0, 0.1) is 5.92 Å². The number of hydrogen-bond acceptors (Lipinski definition) is 8. The maximum atomic E-state index is 12.1. The molecule has 2 aromatic rings. The molecule has 154 valence electrons. The van der Waals surface area contributed by atoms with Gasteiger partial charge in [0.1, 0.15) is 4.21 Å².